The second kappa shape index (κ2) is 5.57. The van der Waals surface area contributed by atoms with Crippen molar-refractivity contribution in [3.8, 4) is 0 Å². The highest BCUT2D eigenvalue weighted by Crippen LogP contribution is 2.29. The molecule has 5 heteroatoms. The maximum atomic E-state index is 13.9. The molecule has 2 rings (SSSR count). The fourth-order valence-corrected chi connectivity index (χ4v) is 2.22. The van der Waals surface area contributed by atoms with E-state index in [0.717, 1.165) is 16.6 Å². The van der Waals surface area contributed by atoms with Crippen LogP contribution in [0.1, 0.15) is 22.7 Å². The molecule has 0 fully saturated rings. The first kappa shape index (κ1) is 14.4. The number of benzene rings is 2. The molecule has 0 saturated carbocycles. The van der Waals surface area contributed by atoms with Gasteiger partial charge in [-0.25, -0.2) is 8.78 Å². The van der Waals surface area contributed by atoms with Gasteiger partial charge in [0.15, 0.2) is 0 Å². The molecule has 1 nitrogen and oxygen atoms in total. The average molecular weight is 347 g/mol. The quantitative estimate of drug-likeness (QED) is 0.835. The van der Waals surface area contributed by atoms with Gasteiger partial charge in [0, 0.05) is 10.0 Å². The Kier molecular flexibility index (Phi) is 4.23. The van der Waals surface area contributed by atoms with Crippen LogP contribution in [0.5, 0.6) is 0 Å². The van der Waals surface area contributed by atoms with E-state index in [4.69, 9.17) is 17.3 Å². The van der Waals surface area contributed by atoms with Crippen LogP contribution in [0.15, 0.2) is 34.8 Å². The molecule has 0 saturated heterocycles. The van der Waals surface area contributed by atoms with Crippen LogP contribution in [0.2, 0.25) is 5.02 Å². The molecule has 1 unspecified atom stereocenters. The summed E-state index contributed by atoms with van der Waals surface area (Å²) in [5, 5.41) is 0.473. The van der Waals surface area contributed by atoms with Crippen LogP contribution in [0, 0.1) is 18.6 Å². The van der Waals surface area contributed by atoms with E-state index in [1.54, 1.807) is 18.2 Å². The van der Waals surface area contributed by atoms with Crippen molar-refractivity contribution in [1.29, 1.82) is 0 Å². The Morgan fingerprint density at radius 2 is 1.84 bits per heavy atom. The number of hydrogen-bond acceptors (Lipinski definition) is 1. The Labute approximate surface area is 123 Å². The smallest absolute Gasteiger partial charge is 0.128 e. The molecule has 0 amide bonds. The highest BCUT2D eigenvalue weighted by molar-refractivity contribution is 9.10. The minimum Gasteiger partial charge on any atom is -0.320 e. The maximum Gasteiger partial charge on any atom is 0.128 e. The fourth-order valence-electron chi connectivity index (χ4n) is 1.79. The monoisotopic (exact) mass is 345 g/mol. The molecular weight excluding hydrogens is 336 g/mol. The molecule has 19 heavy (non-hydrogen) atoms. The third-order valence-corrected chi connectivity index (χ3v) is 4.15. The zero-order valence-corrected chi connectivity index (χ0v) is 12.4. The van der Waals surface area contributed by atoms with Crippen LogP contribution in [-0.4, -0.2) is 0 Å². The molecule has 100 valence electrons. The van der Waals surface area contributed by atoms with Crippen molar-refractivity contribution in [2.24, 2.45) is 5.73 Å². The van der Waals surface area contributed by atoms with Gasteiger partial charge in [-0.1, -0.05) is 17.7 Å². The molecule has 2 aromatic carbocycles. The normalized spacial score (nSPS) is 12.5. The van der Waals surface area contributed by atoms with E-state index in [9.17, 15) is 8.78 Å². The van der Waals surface area contributed by atoms with Gasteiger partial charge in [-0.15, -0.1) is 0 Å². The van der Waals surface area contributed by atoms with Crippen molar-refractivity contribution in [2.75, 3.05) is 0 Å². The summed E-state index contributed by atoms with van der Waals surface area (Å²) in [6.45, 7) is 1.50. The van der Waals surface area contributed by atoms with Crippen molar-refractivity contribution in [3.05, 3.63) is 68.2 Å². The van der Waals surface area contributed by atoms with Crippen LogP contribution < -0.4 is 5.73 Å². The Morgan fingerprint density at radius 3 is 2.47 bits per heavy atom. The molecule has 0 spiro atoms. The first-order valence-electron chi connectivity index (χ1n) is 5.56. The maximum absolute atomic E-state index is 13.9. The van der Waals surface area contributed by atoms with Gasteiger partial charge in [0.1, 0.15) is 11.6 Å². The van der Waals surface area contributed by atoms with Gasteiger partial charge in [0.25, 0.3) is 0 Å². The summed E-state index contributed by atoms with van der Waals surface area (Å²) < 4.78 is 28.1. The lowest BCUT2D eigenvalue weighted by molar-refractivity contribution is 0.570. The first-order valence-corrected chi connectivity index (χ1v) is 6.73. The molecule has 0 aliphatic heterocycles. The van der Waals surface area contributed by atoms with Crippen molar-refractivity contribution in [2.45, 2.75) is 13.0 Å². The molecule has 1 atom stereocenters. The third-order valence-electron chi connectivity index (χ3n) is 2.92. The zero-order chi connectivity index (χ0) is 14.2. The molecule has 0 heterocycles. The van der Waals surface area contributed by atoms with Crippen LogP contribution >= 0.6 is 27.5 Å². The highest BCUT2D eigenvalue weighted by atomic mass is 79.9. The van der Waals surface area contributed by atoms with Crippen LogP contribution in [0.4, 0.5) is 8.78 Å². The molecule has 0 aromatic heterocycles. The summed E-state index contributed by atoms with van der Waals surface area (Å²) in [5.74, 6) is -1.000. The summed E-state index contributed by atoms with van der Waals surface area (Å²) in [7, 11) is 0. The van der Waals surface area contributed by atoms with E-state index in [-0.39, 0.29) is 11.1 Å². The number of aryl methyl sites for hydroxylation is 1. The van der Waals surface area contributed by atoms with Crippen LogP contribution in [-0.2, 0) is 0 Å². The van der Waals surface area contributed by atoms with E-state index < -0.39 is 17.7 Å². The number of halogens is 4. The second-order valence-electron chi connectivity index (χ2n) is 4.27. The van der Waals surface area contributed by atoms with E-state index in [1.807, 2.05) is 0 Å². The highest BCUT2D eigenvalue weighted by Gasteiger charge is 2.16. The topological polar surface area (TPSA) is 26.0 Å². The van der Waals surface area contributed by atoms with Crippen LogP contribution in [0.3, 0.4) is 0 Å². The Balaban J connectivity index is 2.46. The van der Waals surface area contributed by atoms with Crippen molar-refractivity contribution in [1.82, 2.24) is 0 Å². The molecule has 2 N–H and O–H groups in total. The molecule has 0 radical (unpaired) electrons. The van der Waals surface area contributed by atoms with Crippen molar-refractivity contribution < 1.29 is 8.78 Å². The van der Waals surface area contributed by atoms with E-state index in [0.29, 0.717) is 10.6 Å². The van der Waals surface area contributed by atoms with E-state index >= 15 is 0 Å². The van der Waals surface area contributed by atoms with Crippen molar-refractivity contribution in [3.63, 3.8) is 0 Å². The molecule has 2 aromatic rings. The molecule has 0 aliphatic carbocycles. The zero-order valence-electron chi connectivity index (χ0n) is 10.1. The van der Waals surface area contributed by atoms with Crippen molar-refractivity contribution >= 4 is 27.5 Å². The lowest BCUT2D eigenvalue weighted by Crippen LogP contribution is -2.14. The van der Waals surface area contributed by atoms with Gasteiger partial charge in [0.05, 0.1) is 11.1 Å². The summed E-state index contributed by atoms with van der Waals surface area (Å²) in [5.41, 5.74) is 6.96. The minimum atomic E-state index is -0.763. The van der Waals surface area contributed by atoms with Crippen LogP contribution in [0.25, 0.3) is 0 Å². The first-order chi connectivity index (χ1) is 8.90. The summed E-state index contributed by atoms with van der Waals surface area (Å²) in [4.78, 5) is 0. The standard InChI is InChI=1S/C14H11BrClF2N/c1-7-4-13(18)9(6-12(7)17)14(19)8-2-3-10(15)11(16)5-8/h2-6,14H,19H2,1H3. The SMILES string of the molecule is Cc1cc(F)c(C(N)c2ccc(Br)c(Cl)c2)cc1F. The summed E-state index contributed by atoms with van der Waals surface area (Å²) in [6.07, 6.45) is 0. The predicted octanol–water partition coefficient (Wildman–Crippen LogP) is 4.74. The Hall–Kier alpha value is -0.970. The molecule has 0 aliphatic rings. The van der Waals surface area contributed by atoms with Gasteiger partial charge < -0.3 is 5.73 Å². The second-order valence-corrected chi connectivity index (χ2v) is 5.54. The Bertz CT molecular complexity index is 631. The van der Waals surface area contributed by atoms with Gasteiger partial charge in [-0.05, 0) is 58.2 Å². The third kappa shape index (κ3) is 2.96. The lowest BCUT2D eigenvalue weighted by atomic mass is 9.98. The lowest BCUT2D eigenvalue weighted by Gasteiger charge is -2.15. The summed E-state index contributed by atoms with van der Waals surface area (Å²) >= 11 is 9.23. The van der Waals surface area contributed by atoms with Gasteiger partial charge in [0.2, 0.25) is 0 Å². The number of hydrogen-bond donors (Lipinski definition) is 1. The fraction of sp³-hybridized carbons (Fsp3) is 0.143. The van der Waals surface area contributed by atoms with E-state index in [2.05, 4.69) is 15.9 Å². The average Bonchev–Trinajstić information content (AvgIpc) is 2.36. The number of rotatable bonds is 2. The molecule has 0 bridgehead atoms. The van der Waals surface area contributed by atoms with Gasteiger partial charge in [-0.2, -0.15) is 0 Å². The minimum absolute atomic E-state index is 0.112. The largest absolute Gasteiger partial charge is 0.320 e. The predicted molar refractivity (Wildman–Crippen MR) is 76.3 cm³/mol. The summed E-state index contributed by atoms with van der Waals surface area (Å²) in [6, 6.07) is 6.59. The molecular formula is C14H11BrClF2N. The Morgan fingerprint density at radius 1 is 1.16 bits per heavy atom. The van der Waals surface area contributed by atoms with Gasteiger partial charge >= 0.3 is 0 Å². The number of nitrogens with two attached hydrogens (primary N) is 1. The van der Waals surface area contributed by atoms with E-state index in [1.165, 1.54) is 6.92 Å². The van der Waals surface area contributed by atoms with Gasteiger partial charge in [-0.3, -0.25) is 0 Å².